The first-order chi connectivity index (χ1) is 5.47. The Labute approximate surface area is 93.4 Å². The zero-order chi connectivity index (χ0) is 10.6. The van der Waals surface area contributed by atoms with Gasteiger partial charge >= 0.3 is 0 Å². The second kappa shape index (κ2) is 37.9. The van der Waals surface area contributed by atoms with Gasteiger partial charge in [0.1, 0.15) is 12.6 Å². The average molecular weight is 228 g/mol. The number of aliphatic hydroxyl groups excluding tert-OH is 2. The maximum Gasteiger partial charge on any atom is 0.116 e. The highest BCUT2D eigenvalue weighted by Crippen LogP contribution is 1.85. The SMILES string of the molecule is C.C.CC(O)C(C)O.CC=O.CC=O.O. The van der Waals surface area contributed by atoms with E-state index in [2.05, 4.69) is 0 Å². The van der Waals surface area contributed by atoms with Crippen LogP contribution in [0.1, 0.15) is 42.5 Å². The molecule has 0 aliphatic heterocycles. The van der Waals surface area contributed by atoms with E-state index in [0.29, 0.717) is 0 Å². The van der Waals surface area contributed by atoms with Crippen LogP contribution < -0.4 is 0 Å². The van der Waals surface area contributed by atoms with E-state index in [1.165, 1.54) is 13.8 Å². The highest BCUT2D eigenvalue weighted by atomic mass is 16.3. The molecule has 5 nitrogen and oxygen atoms in total. The molecule has 0 heterocycles. The fourth-order valence-electron chi connectivity index (χ4n) is 0. The van der Waals surface area contributed by atoms with Crippen molar-refractivity contribution in [3.8, 4) is 0 Å². The van der Waals surface area contributed by atoms with Gasteiger partial charge in [0.15, 0.2) is 0 Å². The van der Waals surface area contributed by atoms with Gasteiger partial charge in [-0.2, -0.15) is 0 Å². The molecule has 0 saturated heterocycles. The lowest BCUT2D eigenvalue weighted by molar-refractivity contribution is -0.106. The molecule has 0 saturated carbocycles. The molecule has 0 aromatic carbocycles. The second-order valence-electron chi connectivity index (χ2n) is 1.95. The summed E-state index contributed by atoms with van der Waals surface area (Å²) in [7, 11) is 0. The number of carbonyl (C=O) groups excluding carboxylic acids is 2. The summed E-state index contributed by atoms with van der Waals surface area (Å²) in [6.45, 7) is 5.98. The van der Waals surface area contributed by atoms with Gasteiger partial charge in [0.2, 0.25) is 0 Å². The largest absolute Gasteiger partial charge is 0.412 e. The molecule has 0 aliphatic rings. The molecular weight excluding hydrogens is 200 g/mol. The summed E-state index contributed by atoms with van der Waals surface area (Å²) in [5.41, 5.74) is 0. The minimum atomic E-state index is -0.593. The number of hydrogen-bond acceptors (Lipinski definition) is 4. The standard InChI is InChI=1S/C4H10O2.2C2H4O.2CH4.H2O/c1-3(5)4(2)6;2*1-2-3;;;/h3-6H,1-2H3;2*2H,1H3;2*1H4;1H2. The third-order valence-corrected chi connectivity index (χ3v) is 0.698. The Bertz CT molecular complexity index is 79.8. The molecule has 0 amide bonds. The lowest BCUT2D eigenvalue weighted by atomic mass is 10.3. The van der Waals surface area contributed by atoms with Crippen LogP contribution in [0.3, 0.4) is 0 Å². The van der Waals surface area contributed by atoms with Crippen molar-refractivity contribution in [3.63, 3.8) is 0 Å². The predicted molar refractivity (Wildman–Crippen MR) is 63.9 cm³/mol. The van der Waals surface area contributed by atoms with Crippen molar-refractivity contribution in [1.29, 1.82) is 0 Å². The Morgan fingerprint density at radius 1 is 0.867 bits per heavy atom. The monoisotopic (exact) mass is 228 g/mol. The number of carbonyl (C=O) groups is 2. The van der Waals surface area contributed by atoms with Gasteiger partial charge in [0, 0.05) is 0 Å². The van der Waals surface area contributed by atoms with Gasteiger partial charge in [-0.3, -0.25) is 0 Å². The molecule has 5 heteroatoms. The molecule has 2 atom stereocenters. The van der Waals surface area contributed by atoms with Crippen molar-refractivity contribution < 1.29 is 25.3 Å². The summed E-state index contributed by atoms with van der Waals surface area (Å²) < 4.78 is 0. The molecule has 4 N–H and O–H groups in total. The van der Waals surface area contributed by atoms with Gasteiger partial charge in [0.25, 0.3) is 0 Å². The molecule has 0 aromatic rings. The molecule has 98 valence electrons. The maximum absolute atomic E-state index is 8.81. The molecule has 0 aliphatic carbocycles. The molecule has 0 spiro atoms. The average Bonchev–Trinajstić information content (AvgIpc) is 1.90. The van der Waals surface area contributed by atoms with Gasteiger partial charge in [-0.25, -0.2) is 0 Å². The summed E-state index contributed by atoms with van der Waals surface area (Å²) in [5, 5.41) is 16.8. The smallest absolute Gasteiger partial charge is 0.116 e. The Morgan fingerprint density at radius 3 is 0.933 bits per heavy atom. The van der Waals surface area contributed by atoms with E-state index in [4.69, 9.17) is 19.8 Å². The molecule has 2 unspecified atom stereocenters. The highest BCUT2D eigenvalue weighted by Gasteiger charge is 1.99. The number of rotatable bonds is 1. The number of aliphatic hydroxyl groups is 2. The molecule has 0 rings (SSSR count). The van der Waals surface area contributed by atoms with Gasteiger partial charge in [-0.05, 0) is 27.7 Å². The van der Waals surface area contributed by atoms with E-state index in [-0.39, 0.29) is 20.3 Å². The van der Waals surface area contributed by atoms with Gasteiger partial charge in [-0.15, -0.1) is 0 Å². The van der Waals surface area contributed by atoms with E-state index in [1.54, 1.807) is 13.8 Å². The van der Waals surface area contributed by atoms with Crippen LogP contribution in [0.4, 0.5) is 0 Å². The van der Waals surface area contributed by atoms with Crippen molar-refractivity contribution in [3.05, 3.63) is 0 Å². The van der Waals surface area contributed by atoms with E-state index < -0.39 is 12.2 Å². The fraction of sp³-hybridized carbons (Fsp3) is 0.800. The Kier molecular flexibility index (Phi) is 92.9. The third kappa shape index (κ3) is 161. The first kappa shape index (κ1) is 36.8. The Balaban J connectivity index is -0.0000000200. The molecule has 0 aromatic heterocycles. The van der Waals surface area contributed by atoms with Crippen LogP contribution in [-0.2, 0) is 9.59 Å². The van der Waals surface area contributed by atoms with E-state index in [9.17, 15) is 0 Å². The van der Waals surface area contributed by atoms with Crippen LogP contribution in [0.25, 0.3) is 0 Å². The first-order valence-electron chi connectivity index (χ1n) is 3.63. The highest BCUT2D eigenvalue weighted by molar-refractivity contribution is 5.44. The minimum absolute atomic E-state index is 0. The van der Waals surface area contributed by atoms with Crippen molar-refractivity contribution in [2.45, 2.75) is 54.8 Å². The predicted octanol–water partition coefficient (Wildman–Crippen LogP) is 0.606. The minimum Gasteiger partial charge on any atom is -0.412 e. The van der Waals surface area contributed by atoms with Crippen LogP contribution in [0.5, 0.6) is 0 Å². The summed E-state index contributed by atoms with van der Waals surface area (Å²) >= 11 is 0. The van der Waals surface area contributed by atoms with Gasteiger partial charge in [-0.1, -0.05) is 14.9 Å². The lowest BCUT2D eigenvalue weighted by Gasteiger charge is -2.03. The maximum atomic E-state index is 8.81. The lowest BCUT2D eigenvalue weighted by Crippen LogP contribution is -2.17. The van der Waals surface area contributed by atoms with E-state index >= 15 is 0 Å². The number of hydrogen-bond donors (Lipinski definition) is 2. The van der Waals surface area contributed by atoms with Gasteiger partial charge < -0.3 is 25.3 Å². The molecule has 0 bridgehead atoms. The van der Waals surface area contributed by atoms with Crippen molar-refractivity contribution in [2.75, 3.05) is 0 Å². The van der Waals surface area contributed by atoms with Crippen molar-refractivity contribution in [2.24, 2.45) is 0 Å². The Hall–Kier alpha value is -0.780. The molecule has 0 fully saturated rings. The normalized spacial score (nSPS) is 9.73. The quantitative estimate of drug-likeness (QED) is 0.641. The van der Waals surface area contributed by atoms with Gasteiger partial charge in [0.05, 0.1) is 12.2 Å². The van der Waals surface area contributed by atoms with E-state index in [0.717, 1.165) is 12.6 Å². The second-order valence-corrected chi connectivity index (χ2v) is 1.95. The van der Waals surface area contributed by atoms with Crippen LogP contribution in [-0.4, -0.2) is 40.5 Å². The summed E-state index contributed by atoms with van der Waals surface area (Å²) in [6, 6.07) is 0. The fourth-order valence-corrected chi connectivity index (χ4v) is 0. The third-order valence-electron chi connectivity index (χ3n) is 0.698. The number of aldehydes is 2. The zero-order valence-electron chi connectivity index (χ0n) is 8.52. The molecule has 0 radical (unpaired) electrons. The van der Waals surface area contributed by atoms with Crippen LogP contribution >= 0.6 is 0 Å². The summed E-state index contributed by atoms with van der Waals surface area (Å²) in [5.74, 6) is 0. The molecular formula is C10H28O5. The Morgan fingerprint density at radius 2 is 0.933 bits per heavy atom. The van der Waals surface area contributed by atoms with Crippen LogP contribution in [0.2, 0.25) is 0 Å². The van der Waals surface area contributed by atoms with Crippen LogP contribution in [0.15, 0.2) is 0 Å². The van der Waals surface area contributed by atoms with E-state index in [1.807, 2.05) is 0 Å². The summed E-state index contributed by atoms with van der Waals surface area (Å²) in [6.07, 6.45) is 0.315. The first-order valence-corrected chi connectivity index (χ1v) is 3.63. The molecule has 15 heavy (non-hydrogen) atoms. The van der Waals surface area contributed by atoms with Crippen LogP contribution in [0, 0.1) is 0 Å². The van der Waals surface area contributed by atoms with Crippen molar-refractivity contribution in [1.82, 2.24) is 0 Å². The zero-order valence-corrected chi connectivity index (χ0v) is 8.52. The summed E-state index contributed by atoms with van der Waals surface area (Å²) in [4.78, 5) is 17.6. The van der Waals surface area contributed by atoms with Crippen molar-refractivity contribution >= 4 is 12.6 Å². The topological polar surface area (TPSA) is 106 Å².